The molecule has 1 aromatic carbocycles. The van der Waals surface area contributed by atoms with Crippen LogP contribution < -0.4 is 20.1 Å². The molecule has 1 aliphatic heterocycles. The van der Waals surface area contributed by atoms with Crippen molar-refractivity contribution >= 4 is 28.8 Å². The molecule has 0 saturated carbocycles. The van der Waals surface area contributed by atoms with Crippen molar-refractivity contribution in [2.75, 3.05) is 24.9 Å². The van der Waals surface area contributed by atoms with Crippen LogP contribution in [0.1, 0.15) is 35.2 Å². The van der Waals surface area contributed by atoms with Crippen LogP contribution in [-0.2, 0) is 4.79 Å². The van der Waals surface area contributed by atoms with Gasteiger partial charge in [-0.05, 0) is 40.3 Å². The van der Waals surface area contributed by atoms with E-state index < -0.39 is 6.04 Å². The lowest BCUT2D eigenvalue weighted by Crippen LogP contribution is -2.27. The Hall–Kier alpha value is -3.33. The Labute approximate surface area is 176 Å². The largest absolute Gasteiger partial charge is 0.497 e. The molecule has 154 valence electrons. The van der Waals surface area contributed by atoms with E-state index in [2.05, 4.69) is 27.0 Å². The average Bonchev–Trinajstić information content (AvgIpc) is 3.42. The van der Waals surface area contributed by atoms with Gasteiger partial charge in [-0.1, -0.05) is 6.07 Å². The zero-order valence-corrected chi connectivity index (χ0v) is 17.3. The van der Waals surface area contributed by atoms with E-state index in [-0.39, 0.29) is 11.7 Å². The summed E-state index contributed by atoms with van der Waals surface area (Å²) in [4.78, 5) is 14.6. The van der Waals surface area contributed by atoms with E-state index in [1.165, 1.54) is 4.88 Å². The summed E-state index contributed by atoms with van der Waals surface area (Å²) in [7, 11) is 3.20. The zero-order valence-electron chi connectivity index (χ0n) is 16.5. The predicted octanol–water partition coefficient (Wildman–Crippen LogP) is 4.13. The van der Waals surface area contributed by atoms with Crippen LogP contribution in [0.15, 0.2) is 51.6 Å². The highest BCUT2D eigenvalue weighted by Crippen LogP contribution is 2.46. The Kier molecular flexibility index (Phi) is 4.66. The molecule has 0 bridgehead atoms. The number of carbonyl (C=O) groups is 1. The first-order chi connectivity index (χ1) is 14.7. The van der Waals surface area contributed by atoms with Crippen molar-refractivity contribution in [1.82, 2.24) is 10.3 Å². The molecule has 8 nitrogen and oxygen atoms in total. The van der Waals surface area contributed by atoms with Gasteiger partial charge in [0.1, 0.15) is 11.5 Å². The molecule has 0 radical (unpaired) electrons. The smallest absolute Gasteiger partial charge is 0.219 e. The van der Waals surface area contributed by atoms with Gasteiger partial charge in [-0.15, -0.1) is 11.3 Å². The van der Waals surface area contributed by atoms with Gasteiger partial charge in [-0.2, -0.15) is 0 Å². The summed E-state index contributed by atoms with van der Waals surface area (Å²) < 4.78 is 15.9. The Morgan fingerprint density at radius 3 is 2.77 bits per heavy atom. The van der Waals surface area contributed by atoms with Crippen LogP contribution >= 0.6 is 11.3 Å². The normalized spacial score (nSPS) is 20.5. The number of methoxy groups -OCH3 is 2. The van der Waals surface area contributed by atoms with E-state index in [9.17, 15) is 4.79 Å². The maximum atomic E-state index is 13.4. The molecule has 2 aliphatic rings. The van der Waals surface area contributed by atoms with Crippen LogP contribution in [0.5, 0.6) is 11.5 Å². The lowest BCUT2D eigenvalue weighted by atomic mass is 9.80. The molecule has 30 heavy (non-hydrogen) atoms. The summed E-state index contributed by atoms with van der Waals surface area (Å²) >= 11 is 1.67. The molecule has 9 heteroatoms. The number of rotatable bonds is 4. The van der Waals surface area contributed by atoms with E-state index in [1.54, 1.807) is 31.6 Å². The summed E-state index contributed by atoms with van der Waals surface area (Å²) in [5, 5.41) is 16.6. The van der Waals surface area contributed by atoms with E-state index in [1.807, 2.05) is 23.6 Å². The third-order valence-electron chi connectivity index (χ3n) is 5.53. The van der Waals surface area contributed by atoms with E-state index in [0.29, 0.717) is 41.5 Å². The first kappa shape index (κ1) is 18.7. The molecular formula is C21H20N4O4S. The number of benzene rings is 1. The minimum Gasteiger partial charge on any atom is -0.497 e. The number of fused-ring (bicyclic) bond motifs is 1. The summed E-state index contributed by atoms with van der Waals surface area (Å²) in [6.07, 6.45) is 1.15. The van der Waals surface area contributed by atoms with Crippen molar-refractivity contribution in [1.29, 1.82) is 0 Å². The van der Waals surface area contributed by atoms with Crippen molar-refractivity contribution in [3.8, 4) is 11.5 Å². The van der Waals surface area contributed by atoms with Gasteiger partial charge in [0.15, 0.2) is 5.78 Å². The maximum absolute atomic E-state index is 13.4. The van der Waals surface area contributed by atoms with Crippen LogP contribution in [-0.4, -0.2) is 30.3 Å². The number of ketones is 1. The second-order valence-electron chi connectivity index (χ2n) is 7.21. The van der Waals surface area contributed by atoms with Gasteiger partial charge in [-0.25, -0.2) is 4.63 Å². The number of aromatic nitrogens is 2. The highest BCUT2D eigenvalue weighted by Gasteiger charge is 2.38. The van der Waals surface area contributed by atoms with Crippen LogP contribution in [0.25, 0.3) is 0 Å². The van der Waals surface area contributed by atoms with Gasteiger partial charge >= 0.3 is 0 Å². The van der Waals surface area contributed by atoms with Gasteiger partial charge in [0.05, 0.1) is 20.3 Å². The quantitative estimate of drug-likeness (QED) is 0.645. The Bertz CT molecular complexity index is 1120. The molecular weight excluding hydrogens is 404 g/mol. The standard InChI is InChI=1S/C21H20N4O4S/c1-27-12-5-6-13(16(10-12)28-2)19-18-14(22-20-21(23-19)25-29-24-20)8-11(9-15(18)26)17-4-3-7-30-17/h3-7,10-11,19H,8-9H2,1-2H3,(H,22,24)(H,23,25)/t11-,19+/m1/s1. The zero-order chi connectivity index (χ0) is 20.7. The van der Waals surface area contributed by atoms with Gasteiger partial charge in [0.2, 0.25) is 11.6 Å². The molecule has 0 spiro atoms. The third kappa shape index (κ3) is 3.11. The van der Waals surface area contributed by atoms with Gasteiger partial charge in [0, 0.05) is 40.1 Å². The predicted molar refractivity (Wildman–Crippen MR) is 112 cm³/mol. The fourth-order valence-corrected chi connectivity index (χ4v) is 4.95. The van der Waals surface area contributed by atoms with Crippen LogP contribution in [0.2, 0.25) is 0 Å². The van der Waals surface area contributed by atoms with Crippen molar-refractivity contribution in [2.24, 2.45) is 0 Å². The number of nitrogens with zero attached hydrogens (tertiary/aromatic N) is 2. The summed E-state index contributed by atoms with van der Waals surface area (Å²) in [6.45, 7) is 0. The fraction of sp³-hybridized carbons (Fsp3) is 0.286. The molecule has 5 rings (SSSR count). The highest BCUT2D eigenvalue weighted by atomic mass is 32.1. The summed E-state index contributed by atoms with van der Waals surface area (Å²) in [6, 6.07) is 9.19. The molecule has 1 aliphatic carbocycles. The molecule has 0 fully saturated rings. The first-order valence-corrected chi connectivity index (χ1v) is 10.4. The lowest BCUT2D eigenvalue weighted by molar-refractivity contribution is -0.116. The van der Waals surface area contributed by atoms with Crippen molar-refractivity contribution < 1.29 is 18.9 Å². The molecule has 0 unspecified atom stereocenters. The van der Waals surface area contributed by atoms with Crippen molar-refractivity contribution in [3.63, 3.8) is 0 Å². The van der Waals surface area contributed by atoms with Gasteiger partial charge in [-0.3, -0.25) is 4.79 Å². The average molecular weight is 424 g/mol. The number of allylic oxidation sites excluding steroid dienone is 1. The van der Waals surface area contributed by atoms with Crippen LogP contribution in [0.3, 0.4) is 0 Å². The Morgan fingerprint density at radius 1 is 1.13 bits per heavy atom. The third-order valence-corrected chi connectivity index (χ3v) is 6.57. The fourth-order valence-electron chi connectivity index (χ4n) is 4.12. The molecule has 0 amide bonds. The van der Waals surface area contributed by atoms with E-state index in [0.717, 1.165) is 11.3 Å². The molecule has 2 atom stereocenters. The van der Waals surface area contributed by atoms with E-state index >= 15 is 0 Å². The SMILES string of the molecule is COc1ccc([C@@H]2Nc3nonc3NC3=C2C(=O)C[C@H](c2cccs2)C3)c(OC)c1. The Morgan fingerprint density at radius 2 is 2.00 bits per heavy atom. The van der Waals surface area contributed by atoms with Gasteiger partial charge in [0.25, 0.3) is 0 Å². The number of thiophene rings is 1. The number of carbonyl (C=O) groups excluding carboxylic acids is 1. The highest BCUT2D eigenvalue weighted by molar-refractivity contribution is 7.10. The number of Topliss-reactive ketones (excluding diaryl/α,β-unsaturated/α-hetero) is 1. The van der Waals surface area contributed by atoms with Crippen LogP contribution in [0, 0.1) is 0 Å². The molecule has 3 heterocycles. The monoisotopic (exact) mass is 424 g/mol. The number of nitrogens with one attached hydrogen (secondary N) is 2. The molecule has 3 aromatic rings. The molecule has 0 saturated heterocycles. The molecule has 2 N–H and O–H groups in total. The Balaban J connectivity index is 1.63. The lowest BCUT2D eigenvalue weighted by Gasteiger charge is -2.29. The minimum atomic E-state index is -0.460. The van der Waals surface area contributed by atoms with Crippen molar-refractivity contribution in [2.45, 2.75) is 24.8 Å². The number of hydrogen-bond acceptors (Lipinski definition) is 9. The van der Waals surface area contributed by atoms with E-state index in [4.69, 9.17) is 14.1 Å². The van der Waals surface area contributed by atoms with Crippen LogP contribution in [0.4, 0.5) is 11.6 Å². The second-order valence-corrected chi connectivity index (χ2v) is 8.19. The number of hydrogen-bond donors (Lipinski definition) is 2. The number of ether oxygens (including phenoxy) is 2. The summed E-state index contributed by atoms with van der Waals surface area (Å²) in [5.74, 6) is 2.42. The van der Waals surface area contributed by atoms with Crippen molar-refractivity contribution in [3.05, 3.63) is 57.4 Å². The molecule has 2 aromatic heterocycles. The van der Waals surface area contributed by atoms with Gasteiger partial charge < -0.3 is 20.1 Å². The summed E-state index contributed by atoms with van der Waals surface area (Å²) in [5.41, 5.74) is 2.31. The topological polar surface area (TPSA) is 98.5 Å². The maximum Gasteiger partial charge on any atom is 0.219 e. The second kappa shape index (κ2) is 7.49. The first-order valence-electron chi connectivity index (χ1n) is 9.55. The number of anilines is 2. The minimum absolute atomic E-state index is 0.0830.